The lowest BCUT2D eigenvalue weighted by Gasteiger charge is -2.42. The van der Waals surface area contributed by atoms with Gasteiger partial charge in [-0.05, 0) is 52.0 Å². The molecule has 1 atom stereocenters. The second-order valence-electron chi connectivity index (χ2n) is 8.03. The molecule has 2 aromatic carbocycles. The highest BCUT2D eigenvalue weighted by Crippen LogP contribution is 2.39. The quantitative estimate of drug-likeness (QED) is 0.682. The van der Waals surface area contributed by atoms with Crippen LogP contribution in [0.15, 0.2) is 54.7 Å². The van der Waals surface area contributed by atoms with E-state index in [-0.39, 0.29) is 18.0 Å². The van der Waals surface area contributed by atoms with Crippen LogP contribution < -0.4 is 15.1 Å². The maximum absolute atomic E-state index is 12.6. The number of hydrogen-bond donors (Lipinski definition) is 1. The van der Waals surface area contributed by atoms with E-state index in [4.69, 9.17) is 0 Å². The topological polar surface area (TPSA) is 61.4 Å². The van der Waals surface area contributed by atoms with Gasteiger partial charge in [0, 0.05) is 30.5 Å². The van der Waals surface area contributed by atoms with Crippen molar-refractivity contribution in [1.29, 1.82) is 0 Å². The van der Waals surface area contributed by atoms with Crippen LogP contribution >= 0.6 is 0 Å². The molecule has 0 aliphatic carbocycles. The van der Waals surface area contributed by atoms with Crippen LogP contribution in [0.5, 0.6) is 0 Å². The van der Waals surface area contributed by atoms with Crippen molar-refractivity contribution in [2.24, 2.45) is 0 Å². The number of aromatic nitrogens is 2. The summed E-state index contributed by atoms with van der Waals surface area (Å²) in [6, 6.07) is 16.2. The molecule has 0 unspecified atom stereocenters. The minimum atomic E-state index is -0.209. The first-order valence-corrected chi connectivity index (χ1v) is 10.2. The molecule has 0 spiro atoms. The van der Waals surface area contributed by atoms with Crippen LogP contribution in [0, 0.1) is 6.92 Å². The summed E-state index contributed by atoms with van der Waals surface area (Å²) in [6.07, 6.45) is 1.76. The molecule has 3 aromatic rings. The van der Waals surface area contributed by atoms with Crippen LogP contribution in [0.4, 0.5) is 23.0 Å². The zero-order chi connectivity index (χ0) is 21.4. The average Bonchev–Trinajstić information content (AvgIpc) is 2.73. The van der Waals surface area contributed by atoms with Gasteiger partial charge in [-0.2, -0.15) is 0 Å². The number of fused-ring (bicyclic) bond motifs is 1. The summed E-state index contributed by atoms with van der Waals surface area (Å²) in [5.41, 5.74) is 5.96. The van der Waals surface area contributed by atoms with Crippen LogP contribution in [0.2, 0.25) is 0 Å². The highest BCUT2D eigenvalue weighted by molar-refractivity contribution is 6.05. The van der Waals surface area contributed by atoms with Gasteiger partial charge in [0.25, 0.3) is 0 Å². The van der Waals surface area contributed by atoms with Crippen molar-refractivity contribution in [3.63, 3.8) is 0 Å². The molecule has 1 aliphatic rings. The lowest BCUT2D eigenvalue weighted by molar-refractivity contribution is -0.119. The average molecular weight is 402 g/mol. The number of likely N-dealkylation sites (N-methyl/N-ethyl adjacent to an activating group) is 1. The summed E-state index contributed by atoms with van der Waals surface area (Å²) in [5, 5.41) is 3.32. The maximum atomic E-state index is 12.6. The predicted molar refractivity (Wildman–Crippen MR) is 122 cm³/mol. The summed E-state index contributed by atoms with van der Waals surface area (Å²) < 4.78 is 0. The molecular formula is C24H27N5O. The SMILES string of the molecule is Cc1ccc(-c2ccnc(Nc3ccc4c(c3)N(C(C)C)[C@H](C)C(=O)N4C)n2)cc1. The summed E-state index contributed by atoms with van der Waals surface area (Å²) in [6.45, 7) is 8.23. The van der Waals surface area contributed by atoms with E-state index in [0.717, 1.165) is 28.3 Å². The highest BCUT2D eigenvalue weighted by atomic mass is 16.2. The number of carbonyl (C=O) groups excluding carboxylic acids is 1. The first kappa shape index (κ1) is 19.9. The van der Waals surface area contributed by atoms with Gasteiger partial charge >= 0.3 is 0 Å². The van der Waals surface area contributed by atoms with Gasteiger partial charge in [-0.1, -0.05) is 29.8 Å². The predicted octanol–water partition coefficient (Wildman–Crippen LogP) is 4.78. The molecule has 0 saturated carbocycles. The van der Waals surface area contributed by atoms with E-state index in [2.05, 4.69) is 71.3 Å². The fourth-order valence-corrected chi connectivity index (χ4v) is 3.98. The van der Waals surface area contributed by atoms with Gasteiger partial charge in [0.15, 0.2) is 0 Å². The Hall–Kier alpha value is -3.41. The number of benzene rings is 2. The molecule has 154 valence electrons. The van der Waals surface area contributed by atoms with Crippen LogP contribution in [0.3, 0.4) is 0 Å². The smallest absolute Gasteiger partial charge is 0.249 e. The first-order valence-electron chi connectivity index (χ1n) is 10.2. The Morgan fingerprint density at radius 1 is 1.03 bits per heavy atom. The van der Waals surface area contributed by atoms with Crippen LogP contribution in [0.25, 0.3) is 11.3 Å². The second kappa shape index (κ2) is 7.78. The standard InChI is InChI=1S/C24H27N5O/c1-15(2)29-17(4)23(30)28(5)21-11-10-19(14-22(21)29)26-24-25-13-12-20(27-24)18-8-6-16(3)7-9-18/h6-15,17H,1-5H3,(H,25,26,27)/t17-/m1/s1. The maximum Gasteiger partial charge on any atom is 0.249 e. The zero-order valence-electron chi connectivity index (χ0n) is 18.0. The molecule has 0 fully saturated rings. The van der Waals surface area contributed by atoms with Crippen molar-refractivity contribution in [3.8, 4) is 11.3 Å². The van der Waals surface area contributed by atoms with Gasteiger partial charge < -0.3 is 15.1 Å². The van der Waals surface area contributed by atoms with Crippen LogP contribution in [-0.4, -0.2) is 35.0 Å². The molecule has 1 amide bonds. The van der Waals surface area contributed by atoms with E-state index >= 15 is 0 Å². The molecule has 1 aliphatic heterocycles. The van der Waals surface area contributed by atoms with Crippen molar-refractivity contribution in [1.82, 2.24) is 9.97 Å². The molecule has 6 nitrogen and oxygen atoms in total. The minimum absolute atomic E-state index is 0.103. The molecule has 1 aromatic heterocycles. The Morgan fingerprint density at radius 2 is 1.77 bits per heavy atom. The van der Waals surface area contributed by atoms with E-state index < -0.39 is 0 Å². The van der Waals surface area contributed by atoms with Gasteiger partial charge in [-0.25, -0.2) is 9.97 Å². The fourth-order valence-electron chi connectivity index (χ4n) is 3.98. The number of nitrogens with one attached hydrogen (secondary N) is 1. The molecule has 0 bridgehead atoms. The Labute approximate surface area is 177 Å². The lowest BCUT2D eigenvalue weighted by atomic mass is 10.0. The van der Waals surface area contributed by atoms with E-state index in [1.807, 2.05) is 32.2 Å². The third-order valence-corrected chi connectivity index (χ3v) is 5.54. The van der Waals surface area contributed by atoms with Crippen molar-refractivity contribution in [2.75, 3.05) is 22.2 Å². The number of nitrogens with zero attached hydrogens (tertiary/aromatic N) is 4. The monoisotopic (exact) mass is 401 g/mol. The Kier molecular flexibility index (Phi) is 5.16. The van der Waals surface area contributed by atoms with Crippen molar-refractivity contribution >= 4 is 28.9 Å². The number of carbonyl (C=O) groups is 1. The highest BCUT2D eigenvalue weighted by Gasteiger charge is 2.34. The Bertz CT molecular complexity index is 1080. The van der Waals surface area contributed by atoms with E-state index in [0.29, 0.717) is 5.95 Å². The van der Waals surface area contributed by atoms with Crippen LogP contribution in [-0.2, 0) is 4.79 Å². The Balaban J connectivity index is 1.66. The number of aryl methyl sites for hydroxylation is 1. The first-order chi connectivity index (χ1) is 14.3. The molecule has 4 rings (SSSR count). The zero-order valence-corrected chi connectivity index (χ0v) is 18.0. The number of rotatable bonds is 4. The van der Waals surface area contributed by atoms with Crippen molar-refractivity contribution < 1.29 is 4.79 Å². The lowest BCUT2D eigenvalue weighted by Crippen LogP contribution is -2.53. The van der Waals surface area contributed by atoms with Gasteiger partial charge in [0.05, 0.1) is 17.1 Å². The van der Waals surface area contributed by atoms with Gasteiger partial charge in [-0.15, -0.1) is 0 Å². The normalized spacial score (nSPS) is 16.1. The fraction of sp³-hybridized carbons (Fsp3) is 0.292. The third-order valence-electron chi connectivity index (χ3n) is 5.54. The molecule has 0 saturated heterocycles. The summed E-state index contributed by atoms with van der Waals surface area (Å²) in [4.78, 5) is 25.6. The number of amides is 1. The molecule has 2 heterocycles. The van der Waals surface area contributed by atoms with Gasteiger partial charge in [-0.3, -0.25) is 4.79 Å². The molecule has 30 heavy (non-hydrogen) atoms. The third kappa shape index (κ3) is 3.61. The van der Waals surface area contributed by atoms with Crippen molar-refractivity contribution in [2.45, 2.75) is 39.8 Å². The summed E-state index contributed by atoms with van der Waals surface area (Å²) in [5.74, 6) is 0.642. The van der Waals surface area contributed by atoms with Crippen LogP contribution in [0.1, 0.15) is 26.3 Å². The Morgan fingerprint density at radius 3 is 2.47 bits per heavy atom. The molecule has 6 heteroatoms. The molecule has 0 radical (unpaired) electrons. The van der Waals surface area contributed by atoms with Gasteiger partial charge in [0.2, 0.25) is 11.9 Å². The number of hydrogen-bond acceptors (Lipinski definition) is 5. The number of anilines is 4. The second-order valence-corrected chi connectivity index (χ2v) is 8.03. The van der Waals surface area contributed by atoms with E-state index in [1.165, 1.54) is 5.56 Å². The van der Waals surface area contributed by atoms with E-state index in [9.17, 15) is 4.79 Å². The largest absolute Gasteiger partial charge is 0.356 e. The van der Waals surface area contributed by atoms with E-state index in [1.54, 1.807) is 11.1 Å². The minimum Gasteiger partial charge on any atom is -0.356 e. The molecule has 1 N–H and O–H groups in total. The van der Waals surface area contributed by atoms with Gasteiger partial charge in [0.1, 0.15) is 6.04 Å². The molecular weight excluding hydrogens is 374 g/mol. The summed E-state index contributed by atoms with van der Waals surface area (Å²) in [7, 11) is 1.83. The van der Waals surface area contributed by atoms with Crippen molar-refractivity contribution in [3.05, 3.63) is 60.3 Å². The summed E-state index contributed by atoms with van der Waals surface area (Å²) >= 11 is 0.